The summed E-state index contributed by atoms with van der Waals surface area (Å²) in [5, 5.41) is 0. The van der Waals surface area contributed by atoms with Crippen molar-refractivity contribution in [2.45, 2.75) is 39.5 Å². The minimum absolute atomic E-state index is 0.0987. The maximum Gasteiger partial charge on any atom is 0.0721 e. The highest BCUT2D eigenvalue weighted by Gasteiger charge is 2.09. The third-order valence-corrected chi connectivity index (χ3v) is 2.36. The first-order chi connectivity index (χ1) is 8.03. The Morgan fingerprint density at radius 1 is 1.06 bits per heavy atom. The average Bonchev–Trinajstić information content (AvgIpc) is 2.27. The van der Waals surface area contributed by atoms with E-state index in [-0.39, 0.29) is 5.60 Å². The van der Waals surface area contributed by atoms with Crippen molar-refractivity contribution in [3.63, 3.8) is 0 Å². The lowest BCUT2D eigenvalue weighted by Crippen LogP contribution is -2.21. The molecule has 3 nitrogen and oxygen atoms in total. The molecule has 1 aromatic carbocycles. The van der Waals surface area contributed by atoms with Crippen molar-refractivity contribution in [2.24, 2.45) is 5.73 Å². The zero-order valence-electron chi connectivity index (χ0n) is 11.0. The number of benzene rings is 1. The molecule has 0 saturated carbocycles. The van der Waals surface area contributed by atoms with E-state index in [4.69, 9.17) is 15.2 Å². The van der Waals surface area contributed by atoms with Gasteiger partial charge in [0.05, 0.1) is 25.4 Å². The van der Waals surface area contributed by atoms with Crippen LogP contribution >= 0.6 is 0 Å². The van der Waals surface area contributed by atoms with Gasteiger partial charge in [-0.15, -0.1) is 0 Å². The third kappa shape index (κ3) is 5.82. The second kappa shape index (κ2) is 6.74. The van der Waals surface area contributed by atoms with E-state index >= 15 is 0 Å². The summed E-state index contributed by atoms with van der Waals surface area (Å²) < 4.78 is 11.2. The highest BCUT2D eigenvalue weighted by Crippen LogP contribution is 2.10. The fourth-order valence-electron chi connectivity index (χ4n) is 1.49. The Balaban J connectivity index is 2.27. The second-order valence-corrected chi connectivity index (χ2v) is 4.99. The van der Waals surface area contributed by atoms with Crippen LogP contribution in [-0.4, -0.2) is 18.8 Å². The van der Waals surface area contributed by atoms with Crippen LogP contribution in [0.1, 0.15) is 31.9 Å². The van der Waals surface area contributed by atoms with E-state index in [0.29, 0.717) is 26.4 Å². The van der Waals surface area contributed by atoms with Gasteiger partial charge < -0.3 is 15.2 Å². The fraction of sp³-hybridized carbons (Fsp3) is 0.571. The van der Waals surface area contributed by atoms with Crippen LogP contribution in [0.4, 0.5) is 0 Å². The number of nitrogens with two attached hydrogens (primary N) is 1. The zero-order chi connectivity index (χ0) is 12.7. The molecule has 1 aromatic rings. The normalized spacial score (nSPS) is 11.8. The van der Waals surface area contributed by atoms with Crippen molar-refractivity contribution in [1.82, 2.24) is 0 Å². The molecule has 0 heterocycles. The van der Waals surface area contributed by atoms with Gasteiger partial charge in [0, 0.05) is 6.54 Å². The molecule has 0 unspecified atom stereocenters. The number of ether oxygens (including phenoxy) is 2. The lowest BCUT2D eigenvalue weighted by molar-refractivity contribution is -0.0377. The van der Waals surface area contributed by atoms with Crippen molar-refractivity contribution in [2.75, 3.05) is 13.2 Å². The maximum absolute atomic E-state index is 5.66. The molecule has 0 atom stereocenters. The quantitative estimate of drug-likeness (QED) is 0.773. The van der Waals surface area contributed by atoms with Gasteiger partial charge in [0.15, 0.2) is 0 Å². The van der Waals surface area contributed by atoms with Crippen LogP contribution in [0, 0.1) is 0 Å². The summed E-state index contributed by atoms with van der Waals surface area (Å²) in [5.41, 5.74) is 7.86. The van der Waals surface area contributed by atoms with Crippen LogP contribution in [0.2, 0.25) is 0 Å². The minimum Gasteiger partial charge on any atom is -0.374 e. The van der Waals surface area contributed by atoms with Crippen LogP contribution in [0.15, 0.2) is 24.3 Å². The van der Waals surface area contributed by atoms with Crippen LogP contribution < -0.4 is 5.73 Å². The monoisotopic (exact) mass is 237 g/mol. The van der Waals surface area contributed by atoms with Crippen molar-refractivity contribution in [1.29, 1.82) is 0 Å². The molecule has 17 heavy (non-hydrogen) atoms. The maximum atomic E-state index is 5.66. The lowest BCUT2D eigenvalue weighted by atomic mass is 10.1. The van der Waals surface area contributed by atoms with Gasteiger partial charge in [-0.25, -0.2) is 0 Å². The topological polar surface area (TPSA) is 44.5 Å². The number of hydrogen-bond acceptors (Lipinski definition) is 3. The van der Waals surface area contributed by atoms with Gasteiger partial charge in [-0.05, 0) is 31.9 Å². The van der Waals surface area contributed by atoms with E-state index in [1.165, 1.54) is 0 Å². The molecule has 1 rings (SSSR count). The van der Waals surface area contributed by atoms with Crippen molar-refractivity contribution < 1.29 is 9.47 Å². The molecule has 0 fully saturated rings. The standard InChI is InChI=1S/C14H23NO2/c1-14(2,3)17-9-8-16-11-13-7-5-4-6-12(13)10-15/h4-7H,8-11,15H2,1-3H3. The summed E-state index contributed by atoms with van der Waals surface area (Å²) in [5.74, 6) is 0. The summed E-state index contributed by atoms with van der Waals surface area (Å²) in [7, 11) is 0. The van der Waals surface area contributed by atoms with Gasteiger partial charge in [-0.1, -0.05) is 24.3 Å². The van der Waals surface area contributed by atoms with E-state index in [0.717, 1.165) is 11.1 Å². The zero-order valence-corrected chi connectivity index (χ0v) is 11.0. The Morgan fingerprint density at radius 3 is 2.29 bits per heavy atom. The lowest BCUT2D eigenvalue weighted by Gasteiger charge is -2.19. The van der Waals surface area contributed by atoms with Gasteiger partial charge in [-0.3, -0.25) is 0 Å². The highest BCUT2D eigenvalue weighted by atomic mass is 16.5. The highest BCUT2D eigenvalue weighted by molar-refractivity contribution is 5.26. The molecule has 0 radical (unpaired) electrons. The third-order valence-electron chi connectivity index (χ3n) is 2.36. The molecule has 0 saturated heterocycles. The van der Waals surface area contributed by atoms with E-state index < -0.39 is 0 Å². The summed E-state index contributed by atoms with van der Waals surface area (Å²) >= 11 is 0. The first-order valence-corrected chi connectivity index (χ1v) is 6.01. The van der Waals surface area contributed by atoms with Gasteiger partial charge in [0.1, 0.15) is 0 Å². The van der Waals surface area contributed by atoms with Crippen LogP contribution in [0.5, 0.6) is 0 Å². The summed E-state index contributed by atoms with van der Waals surface area (Å²) in [6.07, 6.45) is 0. The SMILES string of the molecule is CC(C)(C)OCCOCc1ccccc1CN. The van der Waals surface area contributed by atoms with Crippen LogP contribution in [0.3, 0.4) is 0 Å². The molecular weight excluding hydrogens is 214 g/mol. The van der Waals surface area contributed by atoms with E-state index in [9.17, 15) is 0 Å². The molecule has 0 bridgehead atoms. The minimum atomic E-state index is -0.0987. The molecule has 0 aromatic heterocycles. The molecule has 0 amide bonds. The molecule has 96 valence electrons. The number of rotatable bonds is 6. The van der Waals surface area contributed by atoms with Gasteiger partial charge >= 0.3 is 0 Å². The van der Waals surface area contributed by atoms with Crippen LogP contribution in [-0.2, 0) is 22.6 Å². The molecule has 0 aliphatic heterocycles. The van der Waals surface area contributed by atoms with Gasteiger partial charge in [-0.2, -0.15) is 0 Å². The second-order valence-electron chi connectivity index (χ2n) is 4.99. The van der Waals surface area contributed by atoms with E-state index in [1.54, 1.807) is 0 Å². The van der Waals surface area contributed by atoms with Crippen molar-refractivity contribution >= 4 is 0 Å². The Kier molecular flexibility index (Phi) is 5.62. The van der Waals surface area contributed by atoms with Crippen molar-refractivity contribution in [3.8, 4) is 0 Å². The largest absolute Gasteiger partial charge is 0.374 e. The van der Waals surface area contributed by atoms with Gasteiger partial charge in [0.25, 0.3) is 0 Å². The Morgan fingerprint density at radius 2 is 1.71 bits per heavy atom. The predicted molar refractivity (Wildman–Crippen MR) is 69.7 cm³/mol. The fourth-order valence-corrected chi connectivity index (χ4v) is 1.49. The smallest absolute Gasteiger partial charge is 0.0721 e. The Bertz CT molecular complexity index is 331. The first kappa shape index (κ1) is 14.2. The molecule has 3 heteroatoms. The molecular formula is C14H23NO2. The Hall–Kier alpha value is -0.900. The average molecular weight is 237 g/mol. The molecule has 2 N–H and O–H groups in total. The summed E-state index contributed by atoms with van der Waals surface area (Å²) in [6.45, 7) is 8.49. The van der Waals surface area contributed by atoms with Crippen LogP contribution in [0.25, 0.3) is 0 Å². The predicted octanol–water partition coefficient (Wildman–Crippen LogP) is 2.48. The summed E-state index contributed by atoms with van der Waals surface area (Å²) in [4.78, 5) is 0. The molecule has 0 aliphatic rings. The van der Waals surface area contributed by atoms with E-state index in [1.807, 2.05) is 45.0 Å². The summed E-state index contributed by atoms with van der Waals surface area (Å²) in [6, 6.07) is 8.08. The van der Waals surface area contributed by atoms with E-state index in [2.05, 4.69) is 0 Å². The van der Waals surface area contributed by atoms with Crippen molar-refractivity contribution in [3.05, 3.63) is 35.4 Å². The Labute approximate surface area is 104 Å². The van der Waals surface area contributed by atoms with Gasteiger partial charge in [0.2, 0.25) is 0 Å². The molecule has 0 spiro atoms. The number of hydrogen-bond donors (Lipinski definition) is 1. The first-order valence-electron chi connectivity index (χ1n) is 6.01. The molecule has 0 aliphatic carbocycles.